The molecule has 0 aliphatic carbocycles. The first-order chi connectivity index (χ1) is 12.5. The van der Waals surface area contributed by atoms with Gasteiger partial charge >= 0.3 is 0 Å². The van der Waals surface area contributed by atoms with Crippen molar-refractivity contribution in [1.82, 2.24) is 4.98 Å². The number of nitro groups is 1. The molecule has 1 saturated heterocycles. The van der Waals surface area contributed by atoms with Crippen LogP contribution in [0.25, 0.3) is 0 Å². The highest BCUT2D eigenvalue weighted by Gasteiger charge is 2.15. The molecule has 0 atom stereocenters. The van der Waals surface area contributed by atoms with Crippen LogP contribution >= 0.6 is 0 Å². The first-order valence-electron chi connectivity index (χ1n) is 8.72. The number of nitrogens with zero attached hydrogens (tertiary/aromatic N) is 2. The first-order valence-corrected chi connectivity index (χ1v) is 8.72. The van der Waals surface area contributed by atoms with E-state index in [0.29, 0.717) is 23.9 Å². The van der Waals surface area contributed by atoms with Crippen LogP contribution in [0.15, 0.2) is 30.5 Å². The second-order valence-electron chi connectivity index (χ2n) is 6.59. The van der Waals surface area contributed by atoms with E-state index in [1.165, 1.54) is 6.20 Å². The average molecular weight is 357 g/mol. The molecule has 7 nitrogen and oxygen atoms in total. The fourth-order valence-corrected chi connectivity index (χ4v) is 2.91. The number of nitrogens with one attached hydrogen (secondary N) is 1. The normalized spacial score (nSPS) is 14.8. The van der Waals surface area contributed by atoms with E-state index >= 15 is 0 Å². The summed E-state index contributed by atoms with van der Waals surface area (Å²) in [5.41, 5.74) is 2.48. The summed E-state index contributed by atoms with van der Waals surface area (Å²) in [7, 11) is 0. The molecule has 1 N–H and O–H groups in total. The lowest BCUT2D eigenvalue weighted by atomic mass is 10.0. The van der Waals surface area contributed by atoms with Gasteiger partial charge in [-0.1, -0.05) is 6.07 Å². The number of benzene rings is 1. The highest BCUT2D eigenvalue weighted by atomic mass is 16.6. The van der Waals surface area contributed by atoms with E-state index in [2.05, 4.69) is 10.3 Å². The Labute approximate surface area is 152 Å². The first kappa shape index (κ1) is 18.1. The van der Waals surface area contributed by atoms with Gasteiger partial charge in [0.1, 0.15) is 17.8 Å². The number of rotatable bonds is 6. The topological polar surface area (TPSA) is 86.5 Å². The molecule has 1 aromatic heterocycles. The summed E-state index contributed by atoms with van der Waals surface area (Å²) in [6.45, 7) is 6.00. The lowest BCUT2D eigenvalue weighted by Gasteiger charge is -2.22. The maximum absolute atomic E-state index is 10.9. The Morgan fingerprint density at radius 2 is 2.04 bits per heavy atom. The molecule has 1 fully saturated rings. The monoisotopic (exact) mass is 357 g/mol. The van der Waals surface area contributed by atoms with Crippen molar-refractivity contribution in [2.45, 2.75) is 26.7 Å². The summed E-state index contributed by atoms with van der Waals surface area (Å²) >= 11 is 0. The van der Waals surface area contributed by atoms with Crippen LogP contribution in [0.5, 0.6) is 5.75 Å². The zero-order valence-electron chi connectivity index (χ0n) is 15.0. The molecule has 26 heavy (non-hydrogen) atoms. The molecule has 0 saturated carbocycles. The quantitative estimate of drug-likeness (QED) is 0.617. The Balaban J connectivity index is 1.68. The van der Waals surface area contributed by atoms with Crippen molar-refractivity contribution in [3.05, 3.63) is 51.7 Å². The molecule has 0 bridgehead atoms. The molecule has 7 heteroatoms. The van der Waals surface area contributed by atoms with Gasteiger partial charge in [-0.15, -0.1) is 0 Å². The van der Waals surface area contributed by atoms with E-state index in [4.69, 9.17) is 9.47 Å². The van der Waals surface area contributed by atoms with E-state index < -0.39 is 4.92 Å². The van der Waals surface area contributed by atoms with Crippen molar-refractivity contribution in [2.75, 3.05) is 25.1 Å². The maximum atomic E-state index is 10.9. The fraction of sp³-hybridized carbons (Fsp3) is 0.421. The van der Waals surface area contributed by atoms with Crippen molar-refractivity contribution >= 4 is 17.2 Å². The Kier molecular flexibility index (Phi) is 5.68. The zero-order valence-corrected chi connectivity index (χ0v) is 15.0. The third kappa shape index (κ3) is 4.49. The minimum atomic E-state index is -0.430. The summed E-state index contributed by atoms with van der Waals surface area (Å²) in [6, 6.07) is 7.53. The van der Waals surface area contributed by atoms with Crippen LogP contribution in [0.4, 0.5) is 17.2 Å². The summed E-state index contributed by atoms with van der Waals surface area (Å²) in [4.78, 5) is 14.6. The molecule has 2 aromatic rings. The smallest absolute Gasteiger partial charge is 0.290 e. The summed E-state index contributed by atoms with van der Waals surface area (Å²) in [5, 5.41) is 14.1. The van der Waals surface area contributed by atoms with E-state index in [0.717, 1.165) is 43.1 Å². The molecule has 0 unspecified atom stereocenters. The minimum absolute atomic E-state index is 0.0138. The van der Waals surface area contributed by atoms with Crippen molar-refractivity contribution < 1.29 is 14.4 Å². The predicted octanol–water partition coefficient (Wildman–Crippen LogP) is 4.16. The number of aryl methyl sites for hydroxylation is 2. The van der Waals surface area contributed by atoms with Gasteiger partial charge in [0.15, 0.2) is 0 Å². The van der Waals surface area contributed by atoms with Crippen LogP contribution in [0.1, 0.15) is 24.0 Å². The molecule has 0 amide bonds. The second kappa shape index (κ2) is 8.14. The van der Waals surface area contributed by atoms with Gasteiger partial charge in [0.05, 0.1) is 11.5 Å². The van der Waals surface area contributed by atoms with Crippen LogP contribution in [0, 0.1) is 29.9 Å². The van der Waals surface area contributed by atoms with E-state index in [1.54, 1.807) is 13.0 Å². The van der Waals surface area contributed by atoms with Gasteiger partial charge < -0.3 is 14.8 Å². The second-order valence-corrected chi connectivity index (χ2v) is 6.59. The van der Waals surface area contributed by atoms with E-state index in [9.17, 15) is 10.1 Å². The molecule has 138 valence electrons. The SMILES string of the molecule is Cc1ccc(Nc2cc(C)c([N+](=O)[O-])cn2)cc1OCC1CCOCC1. The minimum Gasteiger partial charge on any atom is -0.493 e. The third-order valence-corrected chi connectivity index (χ3v) is 4.56. The maximum Gasteiger partial charge on any atom is 0.290 e. The number of hydrogen-bond donors (Lipinski definition) is 1. The molecule has 1 aliphatic rings. The number of anilines is 2. The van der Waals surface area contributed by atoms with Gasteiger partial charge in [0, 0.05) is 30.5 Å². The number of pyridine rings is 1. The fourth-order valence-electron chi connectivity index (χ4n) is 2.91. The highest BCUT2D eigenvalue weighted by molar-refractivity contribution is 5.61. The van der Waals surface area contributed by atoms with Crippen molar-refractivity contribution in [3.63, 3.8) is 0 Å². The van der Waals surface area contributed by atoms with Crippen LogP contribution in [-0.2, 0) is 4.74 Å². The Bertz CT molecular complexity index is 788. The Hall–Kier alpha value is -2.67. The molecule has 1 aromatic carbocycles. The van der Waals surface area contributed by atoms with Gasteiger partial charge in [0.25, 0.3) is 5.69 Å². The highest BCUT2D eigenvalue weighted by Crippen LogP contribution is 2.27. The molecule has 0 spiro atoms. The predicted molar refractivity (Wildman–Crippen MR) is 99.1 cm³/mol. The Morgan fingerprint density at radius 3 is 2.73 bits per heavy atom. The van der Waals surface area contributed by atoms with Crippen molar-refractivity contribution in [2.24, 2.45) is 5.92 Å². The van der Waals surface area contributed by atoms with Crippen LogP contribution in [0.2, 0.25) is 0 Å². The Morgan fingerprint density at radius 1 is 1.27 bits per heavy atom. The molecule has 2 heterocycles. The van der Waals surface area contributed by atoms with Crippen LogP contribution in [-0.4, -0.2) is 29.7 Å². The molecule has 1 aliphatic heterocycles. The molecule has 3 rings (SSSR count). The van der Waals surface area contributed by atoms with E-state index in [1.807, 2.05) is 25.1 Å². The largest absolute Gasteiger partial charge is 0.493 e. The lowest BCUT2D eigenvalue weighted by Crippen LogP contribution is -2.21. The molecular weight excluding hydrogens is 334 g/mol. The lowest BCUT2D eigenvalue weighted by molar-refractivity contribution is -0.385. The van der Waals surface area contributed by atoms with Gasteiger partial charge in [0.2, 0.25) is 0 Å². The van der Waals surface area contributed by atoms with Gasteiger partial charge in [-0.05, 0) is 50.3 Å². The number of ether oxygens (including phenoxy) is 2. The number of aromatic nitrogens is 1. The van der Waals surface area contributed by atoms with Crippen molar-refractivity contribution in [1.29, 1.82) is 0 Å². The summed E-state index contributed by atoms with van der Waals surface area (Å²) < 4.78 is 11.4. The van der Waals surface area contributed by atoms with Gasteiger partial charge in [-0.3, -0.25) is 10.1 Å². The van der Waals surface area contributed by atoms with Crippen LogP contribution in [0.3, 0.4) is 0 Å². The van der Waals surface area contributed by atoms with Crippen LogP contribution < -0.4 is 10.1 Å². The van der Waals surface area contributed by atoms with Crippen molar-refractivity contribution in [3.8, 4) is 5.75 Å². The number of hydrogen-bond acceptors (Lipinski definition) is 6. The molecule has 0 radical (unpaired) electrons. The molecular formula is C19H23N3O4. The van der Waals surface area contributed by atoms with Gasteiger partial charge in [-0.2, -0.15) is 0 Å². The summed E-state index contributed by atoms with van der Waals surface area (Å²) in [6.07, 6.45) is 3.33. The standard InChI is InChI=1S/C19H23N3O4/c1-13-3-4-16(10-18(13)26-12-15-5-7-25-8-6-15)21-19-9-14(2)17(11-20-19)22(23)24/h3-4,9-11,15H,5-8,12H2,1-2H3,(H,20,21). The van der Waals surface area contributed by atoms with E-state index in [-0.39, 0.29) is 5.69 Å². The van der Waals surface area contributed by atoms with Gasteiger partial charge in [-0.25, -0.2) is 4.98 Å². The zero-order chi connectivity index (χ0) is 18.5. The third-order valence-electron chi connectivity index (χ3n) is 4.56. The summed E-state index contributed by atoms with van der Waals surface area (Å²) in [5.74, 6) is 1.92. The average Bonchev–Trinajstić information content (AvgIpc) is 2.63.